The molecule has 0 nitrogen and oxygen atoms in total. The fourth-order valence-electron chi connectivity index (χ4n) is 8.02. The van der Waals surface area contributed by atoms with E-state index in [2.05, 4.69) is 62.4 Å². The summed E-state index contributed by atoms with van der Waals surface area (Å²) in [4.78, 5) is 0. The molecule has 0 heterocycles. The lowest BCUT2D eigenvalue weighted by molar-refractivity contribution is 0.115. The SMILES string of the molecule is CCCCCC1CCC(C2(CCC3CCC(CCCC)CC3)C=CC(CCc3ccccc3)=CC2)CC1. The number of aryl methyl sites for hydroxylation is 1. The largest absolute Gasteiger partial charge is 0.0804 e. The van der Waals surface area contributed by atoms with E-state index in [1.54, 1.807) is 5.57 Å². The highest BCUT2D eigenvalue weighted by molar-refractivity contribution is 5.29. The predicted octanol–water partition coefficient (Wildman–Crippen LogP) is 11.7. The van der Waals surface area contributed by atoms with Crippen LogP contribution in [-0.4, -0.2) is 0 Å². The molecule has 0 radical (unpaired) electrons. The molecule has 1 unspecified atom stereocenters. The smallest absolute Gasteiger partial charge is 0.00520 e. The van der Waals surface area contributed by atoms with Gasteiger partial charge >= 0.3 is 0 Å². The quantitative estimate of drug-likeness (QED) is 0.222. The number of rotatable bonds is 14. The minimum Gasteiger partial charge on any atom is -0.0804 e. The highest BCUT2D eigenvalue weighted by Crippen LogP contribution is 2.51. The van der Waals surface area contributed by atoms with Gasteiger partial charge in [0.2, 0.25) is 0 Å². The topological polar surface area (TPSA) is 0 Å². The van der Waals surface area contributed by atoms with E-state index in [-0.39, 0.29) is 0 Å². The standard InChI is InChI=1S/C37H58/c1-3-5-8-12-33-21-23-36(24-22-33)37(28-25-34-18-16-32(17-19-34)11-6-4-2)29-26-35(27-30-37)20-15-31-13-9-7-10-14-31/h7,9-10,13-14,26-27,29,32-34,36H,3-6,8,11-12,15-25,28,30H2,1-2H3. The van der Waals surface area contributed by atoms with Gasteiger partial charge in [0.05, 0.1) is 0 Å². The normalized spacial score (nSPS) is 30.3. The number of benzene rings is 1. The zero-order valence-corrected chi connectivity index (χ0v) is 24.6. The number of allylic oxidation sites excluding steroid dienone is 4. The van der Waals surface area contributed by atoms with Crippen molar-refractivity contribution in [3.05, 3.63) is 59.7 Å². The van der Waals surface area contributed by atoms with E-state index in [4.69, 9.17) is 0 Å². The zero-order chi connectivity index (χ0) is 25.8. The third kappa shape index (κ3) is 8.86. The highest BCUT2D eigenvalue weighted by Gasteiger charge is 2.39. The summed E-state index contributed by atoms with van der Waals surface area (Å²) in [5.41, 5.74) is 3.51. The lowest BCUT2D eigenvalue weighted by atomic mass is 9.60. The van der Waals surface area contributed by atoms with Gasteiger partial charge in [0.25, 0.3) is 0 Å². The number of unbranched alkanes of at least 4 members (excludes halogenated alkanes) is 3. The van der Waals surface area contributed by atoms with Gasteiger partial charge in [-0.3, -0.25) is 0 Å². The molecule has 4 rings (SSSR count). The van der Waals surface area contributed by atoms with Gasteiger partial charge in [0.15, 0.2) is 0 Å². The third-order valence-corrected chi connectivity index (χ3v) is 10.7. The van der Waals surface area contributed by atoms with E-state index < -0.39 is 0 Å². The van der Waals surface area contributed by atoms with E-state index in [0.29, 0.717) is 5.41 Å². The summed E-state index contributed by atoms with van der Waals surface area (Å²) < 4.78 is 0. The van der Waals surface area contributed by atoms with Crippen LogP contribution < -0.4 is 0 Å². The van der Waals surface area contributed by atoms with Gasteiger partial charge in [-0.1, -0.05) is 151 Å². The van der Waals surface area contributed by atoms with E-state index in [1.807, 2.05) is 0 Å². The van der Waals surface area contributed by atoms with Crippen LogP contribution in [-0.2, 0) is 6.42 Å². The van der Waals surface area contributed by atoms with E-state index in [0.717, 1.165) is 23.7 Å². The minimum absolute atomic E-state index is 0.448. The van der Waals surface area contributed by atoms with Crippen LogP contribution in [0.4, 0.5) is 0 Å². The fraction of sp³-hybridized carbons (Fsp3) is 0.730. The fourth-order valence-corrected chi connectivity index (χ4v) is 8.02. The zero-order valence-electron chi connectivity index (χ0n) is 24.6. The first-order valence-electron chi connectivity index (χ1n) is 16.6. The summed E-state index contributed by atoms with van der Waals surface area (Å²) >= 11 is 0. The molecule has 1 atom stereocenters. The Balaban J connectivity index is 1.33. The van der Waals surface area contributed by atoms with Gasteiger partial charge in [-0.2, -0.15) is 0 Å². The molecule has 0 aromatic heterocycles. The first kappa shape index (κ1) is 28.7. The van der Waals surface area contributed by atoms with Crippen LogP contribution >= 0.6 is 0 Å². The van der Waals surface area contributed by atoms with Crippen LogP contribution in [0.25, 0.3) is 0 Å². The van der Waals surface area contributed by atoms with E-state index in [1.165, 1.54) is 134 Å². The maximum atomic E-state index is 2.75. The molecule has 1 aromatic carbocycles. The molecule has 3 aliphatic rings. The van der Waals surface area contributed by atoms with Crippen molar-refractivity contribution in [3.8, 4) is 0 Å². The summed E-state index contributed by atoms with van der Waals surface area (Å²) in [7, 11) is 0. The Morgan fingerprint density at radius 3 is 1.92 bits per heavy atom. The van der Waals surface area contributed by atoms with Crippen molar-refractivity contribution in [2.75, 3.05) is 0 Å². The van der Waals surface area contributed by atoms with Crippen LogP contribution in [0.5, 0.6) is 0 Å². The Labute approximate surface area is 230 Å². The molecule has 37 heavy (non-hydrogen) atoms. The molecule has 2 fully saturated rings. The second kappa shape index (κ2) is 15.3. The van der Waals surface area contributed by atoms with Crippen LogP contribution in [0.15, 0.2) is 54.1 Å². The van der Waals surface area contributed by atoms with Gasteiger partial charge in [-0.25, -0.2) is 0 Å². The summed E-state index contributed by atoms with van der Waals surface area (Å²) in [5.74, 6) is 3.97. The molecule has 0 saturated heterocycles. The monoisotopic (exact) mass is 502 g/mol. The maximum absolute atomic E-state index is 2.75. The number of hydrogen-bond acceptors (Lipinski definition) is 0. The summed E-state index contributed by atoms with van der Waals surface area (Å²) in [6.45, 7) is 4.69. The van der Waals surface area contributed by atoms with Gasteiger partial charge in [0, 0.05) is 0 Å². The van der Waals surface area contributed by atoms with Crippen molar-refractivity contribution in [1.29, 1.82) is 0 Å². The maximum Gasteiger partial charge on any atom is -0.00520 e. The second-order valence-corrected chi connectivity index (χ2v) is 13.3. The Morgan fingerprint density at radius 1 is 0.676 bits per heavy atom. The van der Waals surface area contributed by atoms with Gasteiger partial charge in [-0.15, -0.1) is 0 Å². The minimum atomic E-state index is 0.448. The molecular weight excluding hydrogens is 444 g/mol. The molecule has 0 bridgehead atoms. The van der Waals surface area contributed by atoms with Crippen LogP contribution in [0.1, 0.15) is 141 Å². The molecule has 0 aliphatic heterocycles. The molecule has 1 aromatic rings. The molecule has 0 N–H and O–H groups in total. The van der Waals surface area contributed by atoms with Gasteiger partial charge in [-0.05, 0) is 79.6 Å². The van der Waals surface area contributed by atoms with Crippen molar-refractivity contribution in [1.82, 2.24) is 0 Å². The lowest BCUT2D eigenvalue weighted by Crippen LogP contribution is -2.34. The van der Waals surface area contributed by atoms with Crippen LogP contribution in [0, 0.1) is 29.1 Å². The molecule has 2 saturated carbocycles. The summed E-state index contributed by atoms with van der Waals surface area (Å²) in [6.07, 6.45) is 36.7. The van der Waals surface area contributed by atoms with Crippen LogP contribution in [0.2, 0.25) is 0 Å². The highest BCUT2D eigenvalue weighted by atomic mass is 14.4. The second-order valence-electron chi connectivity index (χ2n) is 13.3. The van der Waals surface area contributed by atoms with Crippen molar-refractivity contribution >= 4 is 0 Å². The Morgan fingerprint density at radius 2 is 1.30 bits per heavy atom. The first-order valence-corrected chi connectivity index (χ1v) is 16.6. The summed E-state index contributed by atoms with van der Waals surface area (Å²) in [5, 5.41) is 0. The average Bonchev–Trinajstić information content (AvgIpc) is 2.96. The average molecular weight is 503 g/mol. The van der Waals surface area contributed by atoms with Crippen molar-refractivity contribution < 1.29 is 0 Å². The van der Waals surface area contributed by atoms with Crippen LogP contribution in [0.3, 0.4) is 0 Å². The van der Waals surface area contributed by atoms with Crippen molar-refractivity contribution in [3.63, 3.8) is 0 Å². The Kier molecular flexibility index (Phi) is 11.9. The van der Waals surface area contributed by atoms with Gasteiger partial charge < -0.3 is 0 Å². The van der Waals surface area contributed by atoms with Crippen molar-refractivity contribution in [2.24, 2.45) is 29.1 Å². The first-order chi connectivity index (χ1) is 18.2. The van der Waals surface area contributed by atoms with E-state index >= 15 is 0 Å². The van der Waals surface area contributed by atoms with Crippen molar-refractivity contribution in [2.45, 2.75) is 142 Å². The molecule has 0 heteroatoms. The molecule has 3 aliphatic carbocycles. The lowest BCUT2D eigenvalue weighted by Gasteiger charge is -2.44. The molecule has 0 amide bonds. The number of hydrogen-bond donors (Lipinski definition) is 0. The van der Waals surface area contributed by atoms with Gasteiger partial charge in [0.1, 0.15) is 0 Å². The van der Waals surface area contributed by atoms with E-state index in [9.17, 15) is 0 Å². The third-order valence-electron chi connectivity index (χ3n) is 10.7. The molecular formula is C37H58. The Bertz CT molecular complexity index is 800. The molecule has 206 valence electrons. The molecule has 0 spiro atoms. The predicted molar refractivity (Wildman–Crippen MR) is 163 cm³/mol. The summed E-state index contributed by atoms with van der Waals surface area (Å²) in [6, 6.07) is 11.1. The Hall–Kier alpha value is -1.30.